The smallest absolute Gasteiger partial charge is 0.407 e. The second-order valence-electron chi connectivity index (χ2n) is 8.99. The van der Waals surface area contributed by atoms with Crippen LogP contribution < -0.4 is 10.6 Å². The average molecular weight is 543 g/mol. The zero-order valence-corrected chi connectivity index (χ0v) is 22.3. The van der Waals surface area contributed by atoms with Gasteiger partial charge in [-0.1, -0.05) is 13.2 Å². The third-order valence-electron chi connectivity index (χ3n) is 5.12. The van der Waals surface area contributed by atoms with E-state index in [-0.39, 0.29) is 50.2 Å². The van der Waals surface area contributed by atoms with E-state index < -0.39 is 48.7 Å². The molecule has 2 amide bonds. The van der Waals surface area contributed by atoms with Crippen molar-refractivity contribution in [2.75, 3.05) is 52.7 Å². The fourth-order valence-corrected chi connectivity index (χ4v) is 2.83. The van der Waals surface area contributed by atoms with E-state index in [1.165, 1.54) is 20.8 Å². The Morgan fingerprint density at radius 2 is 1.32 bits per heavy atom. The fourth-order valence-electron chi connectivity index (χ4n) is 2.83. The molecule has 1 fully saturated rings. The summed E-state index contributed by atoms with van der Waals surface area (Å²) in [6.45, 7) is 10.7. The minimum Gasteiger partial charge on any atom is -0.462 e. The van der Waals surface area contributed by atoms with Crippen molar-refractivity contribution in [2.24, 2.45) is 5.41 Å². The number of hydrogen-bond acceptors (Lipinski definition) is 11. The zero-order chi connectivity index (χ0) is 28.6. The second kappa shape index (κ2) is 17.0. The highest BCUT2D eigenvalue weighted by Gasteiger charge is 2.39. The minimum atomic E-state index is -1.54. The van der Waals surface area contributed by atoms with Gasteiger partial charge in [-0.3, -0.25) is 4.79 Å². The predicted molar refractivity (Wildman–Crippen MR) is 133 cm³/mol. The van der Waals surface area contributed by atoms with Crippen molar-refractivity contribution in [1.82, 2.24) is 10.6 Å². The molecule has 1 aliphatic heterocycles. The summed E-state index contributed by atoms with van der Waals surface area (Å²) in [5.74, 6) is -1.94. The average Bonchev–Trinajstić information content (AvgIpc) is 2.89. The molecular weight excluding hydrogens is 504 g/mol. The van der Waals surface area contributed by atoms with Crippen LogP contribution >= 0.6 is 0 Å². The molecule has 1 unspecified atom stereocenters. The monoisotopic (exact) mass is 542 g/mol. The van der Waals surface area contributed by atoms with Crippen molar-refractivity contribution in [1.29, 1.82) is 0 Å². The van der Waals surface area contributed by atoms with Gasteiger partial charge in [0, 0.05) is 17.8 Å². The Labute approximate surface area is 222 Å². The van der Waals surface area contributed by atoms with Crippen molar-refractivity contribution in [3.05, 3.63) is 24.3 Å². The van der Waals surface area contributed by atoms with Crippen molar-refractivity contribution in [2.45, 2.75) is 46.1 Å². The first-order chi connectivity index (χ1) is 17.9. The largest absolute Gasteiger partial charge is 0.462 e. The molecule has 0 radical (unpaired) electrons. The van der Waals surface area contributed by atoms with E-state index >= 15 is 0 Å². The number of carbonyl (C=O) groups excluding carboxylic acids is 5. The van der Waals surface area contributed by atoms with E-state index in [0.717, 1.165) is 19.3 Å². The molecule has 0 aromatic carbocycles. The number of rotatable bonds is 15. The summed E-state index contributed by atoms with van der Waals surface area (Å²) in [6, 6.07) is 0. The van der Waals surface area contributed by atoms with Crippen molar-refractivity contribution < 1.29 is 52.4 Å². The maximum atomic E-state index is 12.9. The highest BCUT2D eigenvalue weighted by Crippen LogP contribution is 2.22. The lowest BCUT2D eigenvalue weighted by Crippen LogP contribution is -2.44. The zero-order valence-electron chi connectivity index (χ0n) is 22.3. The van der Waals surface area contributed by atoms with Gasteiger partial charge in [-0.05, 0) is 40.0 Å². The van der Waals surface area contributed by atoms with Crippen LogP contribution in [0.5, 0.6) is 0 Å². The Morgan fingerprint density at radius 3 is 1.74 bits per heavy atom. The first kappa shape index (κ1) is 32.4. The van der Waals surface area contributed by atoms with Gasteiger partial charge >= 0.3 is 30.1 Å². The molecule has 0 aromatic heterocycles. The SMILES string of the molecule is C=C(C)C(=O)OCCNC(=O)OCC(C)(COC(=O)NCCOC(=O)C(=C)C)C(=O)OCC1CCCCO1. The van der Waals surface area contributed by atoms with Gasteiger partial charge in [-0.15, -0.1) is 0 Å². The third kappa shape index (κ3) is 13.1. The molecule has 2 N–H and O–H groups in total. The molecule has 1 heterocycles. The van der Waals surface area contributed by atoms with Crippen LogP contribution in [-0.2, 0) is 42.8 Å². The molecule has 0 saturated carbocycles. The maximum absolute atomic E-state index is 12.9. The number of esters is 3. The number of hydrogen-bond donors (Lipinski definition) is 2. The molecule has 13 nitrogen and oxygen atoms in total. The van der Waals surface area contributed by atoms with Gasteiger partial charge in [-0.2, -0.15) is 0 Å². The number of carbonyl (C=O) groups is 5. The maximum Gasteiger partial charge on any atom is 0.407 e. The summed E-state index contributed by atoms with van der Waals surface area (Å²) in [5, 5.41) is 4.76. The first-order valence-corrected chi connectivity index (χ1v) is 12.2. The van der Waals surface area contributed by atoms with E-state index in [2.05, 4.69) is 23.8 Å². The third-order valence-corrected chi connectivity index (χ3v) is 5.12. The van der Waals surface area contributed by atoms with Crippen LogP contribution in [-0.4, -0.2) is 88.9 Å². The summed E-state index contributed by atoms with van der Waals surface area (Å²) in [4.78, 5) is 59.8. The molecule has 214 valence electrons. The van der Waals surface area contributed by atoms with Crippen molar-refractivity contribution >= 4 is 30.1 Å². The van der Waals surface area contributed by atoms with Crippen molar-refractivity contribution in [3.8, 4) is 0 Å². The molecule has 1 rings (SSSR count). The summed E-state index contributed by atoms with van der Waals surface area (Å²) >= 11 is 0. The lowest BCUT2D eigenvalue weighted by molar-refractivity contribution is -0.165. The predicted octanol–water partition coefficient (Wildman–Crippen LogP) is 1.80. The summed E-state index contributed by atoms with van der Waals surface area (Å²) in [6.07, 6.45) is 0.634. The normalized spacial score (nSPS) is 14.9. The number of nitrogens with one attached hydrogen (secondary N) is 2. The summed E-state index contributed by atoms with van der Waals surface area (Å²) in [7, 11) is 0. The molecule has 0 spiro atoms. The van der Waals surface area contributed by atoms with Crippen LogP contribution in [0.15, 0.2) is 24.3 Å². The van der Waals surface area contributed by atoms with Gasteiger partial charge in [0.05, 0.1) is 19.2 Å². The molecule has 1 saturated heterocycles. The van der Waals surface area contributed by atoms with Gasteiger partial charge in [0.25, 0.3) is 0 Å². The minimum absolute atomic E-state index is 0.00892. The molecule has 1 aliphatic rings. The van der Waals surface area contributed by atoms with Crippen LogP contribution in [0.1, 0.15) is 40.0 Å². The Kier molecular flexibility index (Phi) is 14.5. The second-order valence-corrected chi connectivity index (χ2v) is 8.99. The molecule has 13 heteroatoms. The van der Waals surface area contributed by atoms with E-state index in [1.54, 1.807) is 0 Å². The van der Waals surface area contributed by atoms with Gasteiger partial charge in [0.1, 0.15) is 38.4 Å². The topological polar surface area (TPSA) is 165 Å². The first-order valence-electron chi connectivity index (χ1n) is 12.2. The van der Waals surface area contributed by atoms with Crippen LogP contribution in [0, 0.1) is 5.41 Å². The fraction of sp³-hybridized carbons (Fsp3) is 0.640. The quantitative estimate of drug-likeness (QED) is 0.134. The van der Waals surface area contributed by atoms with Crippen LogP contribution in [0.25, 0.3) is 0 Å². The Bertz CT molecular complexity index is 815. The van der Waals surface area contributed by atoms with Gasteiger partial charge in [-0.25, -0.2) is 19.2 Å². The van der Waals surface area contributed by atoms with Crippen LogP contribution in [0.3, 0.4) is 0 Å². The number of alkyl carbamates (subject to hydrolysis) is 2. The highest BCUT2D eigenvalue weighted by atomic mass is 16.6. The standard InChI is InChI=1S/C25H38N2O11/c1-17(2)20(28)34-12-9-26-23(31)37-15-25(5,22(30)36-14-19-8-6-7-11-33-19)16-38-24(32)27-10-13-35-21(29)18(3)4/h19H,1,3,6-16H2,2,4-5H3,(H,26,31)(H,27,32). The van der Waals surface area contributed by atoms with E-state index in [1.807, 2.05) is 0 Å². The lowest BCUT2D eigenvalue weighted by Gasteiger charge is -2.28. The molecular formula is C25H38N2O11. The molecule has 0 bridgehead atoms. The molecule has 0 aliphatic carbocycles. The van der Waals surface area contributed by atoms with Crippen LogP contribution in [0.4, 0.5) is 9.59 Å². The Balaban J connectivity index is 2.59. The molecule has 38 heavy (non-hydrogen) atoms. The van der Waals surface area contributed by atoms with Crippen LogP contribution in [0.2, 0.25) is 0 Å². The van der Waals surface area contributed by atoms with E-state index in [4.69, 9.17) is 28.4 Å². The van der Waals surface area contributed by atoms with Crippen molar-refractivity contribution in [3.63, 3.8) is 0 Å². The number of amides is 2. The van der Waals surface area contributed by atoms with E-state index in [0.29, 0.717) is 6.61 Å². The number of ether oxygens (including phenoxy) is 6. The van der Waals surface area contributed by atoms with Gasteiger partial charge in [0.15, 0.2) is 0 Å². The Hall–Kier alpha value is -3.61. The highest BCUT2D eigenvalue weighted by molar-refractivity contribution is 5.87. The molecule has 1 atom stereocenters. The van der Waals surface area contributed by atoms with Gasteiger partial charge in [0.2, 0.25) is 0 Å². The summed E-state index contributed by atoms with van der Waals surface area (Å²) in [5.41, 5.74) is -1.10. The summed E-state index contributed by atoms with van der Waals surface area (Å²) < 4.78 is 31.0. The molecule has 0 aromatic rings. The lowest BCUT2D eigenvalue weighted by atomic mass is 9.93. The van der Waals surface area contributed by atoms with Gasteiger partial charge < -0.3 is 39.1 Å². The Morgan fingerprint density at radius 1 is 0.816 bits per heavy atom. The van der Waals surface area contributed by atoms with E-state index in [9.17, 15) is 24.0 Å².